The number of hydrogen-bond donors (Lipinski definition) is 1. The first kappa shape index (κ1) is 15.7. The van der Waals surface area contributed by atoms with Gasteiger partial charge in [-0.25, -0.2) is 4.39 Å². The number of thioether (sulfide) groups is 1. The number of halogens is 2. The number of nitrogens with zero attached hydrogens (tertiary/aromatic N) is 2. The Labute approximate surface area is 133 Å². The molecule has 1 aromatic carbocycles. The summed E-state index contributed by atoms with van der Waals surface area (Å²) in [5, 5.41) is 12.1. The number of anilines is 1. The van der Waals surface area contributed by atoms with Crippen molar-refractivity contribution in [3.8, 4) is 0 Å². The standard InChI is InChI=1S/C12H13BrFN3OS2/c1-18-5-4-15-11-16-17-12(20-11)19-7-8-2-3-9(14)6-10(8)13/h2-3,6H,4-5,7H2,1H3,(H,15,16). The SMILES string of the molecule is COCCNc1nnc(SCc2ccc(F)cc2Br)s1. The van der Waals surface area contributed by atoms with Gasteiger partial charge in [-0.3, -0.25) is 0 Å². The Morgan fingerprint density at radius 3 is 3.05 bits per heavy atom. The Bertz CT molecular complexity index is 567. The lowest BCUT2D eigenvalue weighted by Crippen LogP contribution is -2.06. The molecule has 0 aliphatic rings. The van der Waals surface area contributed by atoms with Crippen molar-refractivity contribution in [2.24, 2.45) is 0 Å². The summed E-state index contributed by atoms with van der Waals surface area (Å²) in [5.41, 5.74) is 1.03. The molecule has 1 aromatic heterocycles. The van der Waals surface area contributed by atoms with E-state index in [0.717, 1.165) is 19.5 Å². The normalized spacial score (nSPS) is 10.8. The maximum Gasteiger partial charge on any atom is 0.206 e. The number of benzene rings is 1. The van der Waals surface area contributed by atoms with Crippen LogP contribution in [-0.2, 0) is 10.5 Å². The fourth-order valence-corrected chi connectivity index (χ4v) is 3.84. The van der Waals surface area contributed by atoms with Gasteiger partial charge >= 0.3 is 0 Å². The molecule has 1 heterocycles. The summed E-state index contributed by atoms with van der Waals surface area (Å²) < 4.78 is 19.6. The number of rotatable bonds is 7. The number of hydrogen-bond acceptors (Lipinski definition) is 6. The van der Waals surface area contributed by atoms with Gasteiger partial charge in [0.2, 0.25) is 5.13 Å². The molecular weight excluding hydrogens is 365 g/mol. The molecule has 1 N–H and O–H groups in total. The molecule has 8 heteroatoms. The minimum Gasteiger partial charge on any atom is -0.383 e. The van der Waals surface area contributed by atoms with Gasteiger partial charge in [-0.15, -0.1) is 10.2 Å². The third-order valence-electron chi connectivity index (χ3n) is 2.36. The van der Waals surface area contributed by atoms with Gasteiger partial charge in [0.25, 0.3) is 0 Å². The van der Waals surface area contributed by atoms with E-state index < -0.39 is 0 Å². The van der Waals surface area contributed by atoms with Crippen LogP contribution >= 0.6 is 39.0 Å². The minimum absolute atomic E-state index is 0.244. The average Bonchev–Trinajstić information content (AvgIpc) is 2.86. The summed E-state index contributed by atoms with van der Waals surface area (Å²) >= 11 is 6.43. The van der Waals surface area contributed by atoms with Crippen molar-refractivity contribution >= 4 is 44.2 Å². The lowest BCUT2D eigenvalue weighted by atomic mass is 10.2. The summed E-state index contributed by atoms with van der Waals surface area (Å²) in [6.45, 7) is 1.34. The molecule has 2 rings (SSSR count). The molecule has 2 aromatic rings. The van der Waals surface area contributed by atoms with Gasteiger partial charge in [0, 0.05) is 23.9 Å². The molecule has 0 aliphatic heterocycles. The first-order valence-electron chi connectivity index (χ1n) is 5.82. The van der Waals surface area contributed by atoms with Crippen molar-refractivity contribution in [2.75, 3.05) is 25.6 Å². The van der Waals surface area contributed by atoms with E-state index in [1.807, 2.05) is 0 Å². The highest BCUT2D eigenvalue weighted by molar-refractivity contribution is 9.10. The summed E-state index contributed by atoms with van der Waals surface area (Å²) in [6, 6.07) is 4.69. The molecule has 0 atom stereocenters. The fraction of sp³-hybridized carbons (Fsp3) is 0.333. The molecule has 0 bridgehead atoms. The number of ether oxygens (including phenoxy) is 1. The molecule has 0 amide bonds. The smallest absolute Gasteiger partial charge is 0.206 e. The minimum atomic E-state index is -0.244. The van der Waals surface area contributed by atoms with Crippen molar-refractivity contribution in [3.05, 3.63) is 34.1 Å². The maximum absolute atomic E-state index is 13.0. The number of nitrogens with one attached hydrogen (secondary N) is 1. The van der Waals surface area contributed by atoms with Crippen LogP contribution in [0.15, 0.2) is 27.0 Å². The van der Waals surface area contributed by atoms with E-state index in [1.165, 1.54) is 23.5 Å². The van der Waals surface area contributed by atoms with Crippen LogP contribution < -0.4 is 5.32 Å². The zero-order valence-corrected chi connectivity index (χ0v) is 13.9. The van der Waals surface area contributed by atoms with Crippen LogP contribution in [-0.4, -0.2) is 30.5 Å². The molecular formula is C12H13BrFN3OS2. The van der Waals surface area contributed by atoms with E-state index in [1.54, 1.807) is 24.9 Å². The van der Waals surface area contributed by atoms with Crippen molar-refractivity contribution in [2.45, 2.75) is 10.1 Å². The second-order valence-corrected chi connectivity index (χ2v) is 6.87. The Morgan fingerprint density at radius 2 is 2.30 bits per heavy atom. The van der Waals surface area contributed by atoms with Gasteiger partial charge < -0.3 is 10.1 Å². The van der Waals surface area contributed by atoms with Crippen molar-refractivity contribution in [1.29, 1.82) is 0 Å². The van der Waals surface area contributed by atoms with E-state index in [0.29, 0.717) is 18.9 Å². The van der Waals surface area contributed by atoms with Crippen LogP contribution in [0.3, 0.4) is 0 Å². The molecule has 0 fully saturated rings. The van der Waals surface area contributed by atoms with E-state index in [9.17, 15) is 4.39 Å². The Balaban J connectivity index is 1.87. The largest absolute Gasteiger partial charge is 0.383 e. The average molecular weight is 378 g/mol. The molecule has 0 radical (unpaired) electrons. The molecule has 4 nitrogen and oxygen atoms in total. The highest BCUT2D eigenvalue weighted by Gasteiger charge is 2.07. The first-order valence-corrected chi connectivity index (χ1v) is 8.41. The predicted octanol–water partition coefficient (Wildman–Crippen LogP) is 3.79. The third-order valence-corrected chi connectivity index (χ3v) is 5.16. The maximum atomic E-state index is 13.0. The third kappa shape index (κ3) is 4.69. The van der Waals surface area contributed by atoms with Crippen LogP contribution in [0.1, 0.15) is 5.56 Å². The zero-order chi connectivity index (χ0) is 14.4. The van der Waals surface area contributed by atoms with Crippen LogP contribution in [0.5, 0.6) is 0 Å². The second kappa shape index (κ2) is 7.92. The van der Waals surface area contributed by atoms with Gasteiger partial charge in [-0.05, 0) is 17.7 Å². The van der Waals surface area contributed by atoms with E-state index in [2.05, 4.69) is 31.4 Å². The van der Waals surface area contributed by atoms with Crippen molar-refractivity contribution in [3.63, 3.8) is 0 Å². The topological polar surface area (TPSA) is 47.0 Å². The Morgan fingerprint density at radius 1 is 1.45 bits per heavy atom. The molecule has 0 saturated heterocycles. The Kier molecular flexibility index (Phi) is 6.21. The summed E-state index contributed by atoms with van der Waals surface area (Å²) in [6.07, 6.45) is 0. The van der Waals surface area contributed by atoms with Crippen LogP contribution in [0.4, 0.5) is 9.52 Å². The lowest BCUT2D eigenvalue weighted by Gasteiger charge is -2.02. The highest BCUT2D eigenvalue weighted by Crippen LogP contribution is 2.30. The predicted molar refractivity (Wildman–Crippen MR) is 83.9 cm³/mol. The van der Waals surface area contributed by atoms with E-state index >= 15 is 0 Å². The zero-order valence-electron chi connectivity index (χ0n) is 10.7. The lowest BCUT2D eigenvalue weighted by molar-refractivity contribution is 0.211. The second-order valence-electron chi connectivity index (χ2n) is 3.82. The van der Waals surface area contributed by atoms with E-state index in [-0.39, 0.29) is 5.82 Å². The highest BCUT2D eigenvalue weighted by atomic mass is 79.9. The number of aromatic nitrogens is 2. The quantitative estimate of drug-likeness (QED) is 0.587. The summed E-state index contributed by atoms with van der Waals surface area (Å²) in [5.74, 6) is 0.472. The molecule has 0 unspecified atom stereocenters. The fourth-order valence-electron chi connectivity index (χ4n) is 1.38. The molecule has 0 saturated carbocycles. The van der Waals surface area contributed by atoms with Gasteiger partial charge in [0.05, 0.1) is 6.61 Å². The van der Waals surface area contributed by atoms with Gasteiger partial charge in [-0.2, -0.15) is 0 Å². The van der Waals surface area contributed by atoms with Gasteiger partial charge in [0.15, 0.2) is 4.34 Å². The van der Waals surface area contributed by atoms with Crippen molar-refractivity contribution < 1.29 is 9.13 Å². The molecule has 108 valence electrons. The van der Waals surface area contributed by atoms with Crippen LogP contribution in [0.2, 0.25) is 0 Å². The summed E-state index contributed by atoms with van der Waals surface area (Å²) in [7, 11) is 1.66. The van der Waals surface area contributed by atoms with Crippen LogP contribution in [0, 0.1) is 5.82 Å². The molecule has 20 heavy (non-hydrogen) atoms. The molecule has 0 spiro atoms. The van der Waals surface area contributed by atoms with E-state index in [4.69, 9.17) is 4.74 Å². The van der Waals surface area contributed by atoms with Gasteiger partial charge in [-0.1, -0.05) is 45.1 Å². The molecule has 0 aliphatic carbocycles. The Hall–Kier alpha value is -0.700. The number of methoxy groups -OCH3 is 1. The summed E-state index contributed by atoms with van der Waals surface area (Å²) in [4.78, 5) is 0. The monoisotopic (exact) mass is 377 g/mol. The van der Waals surface area contributed by atoms with Gasteiger partial charge in [0.1, 0.15) is 5.82 Å². The van der Waals surface area contributed by atoms with Crippen LogP contribution in [0.25, 0.3) is 0 Å². The van der Waals surface area contributed by atoms with Crippen molar-refractivity contribution in [1.82, 2.24) is 10.2 Å². The first-order chi connectivity index (χ1) is 9.69.